The van der Waals surface area contributed by atoms with Crippen LogP contribution in [0.2, 0.25) is 0 Å². The summed E-state index contributed by atoms with van der Waals surface area (Å²) >= 11 is 0. The van der Waals surface area contributed by atoms with Crippen molar-refractivity contribution in [2.45, 2.75) is 19.3 Å². The van der Waals surface area contributed by atoms with Crippen molar-refractivity contribution in [1.29, 1.82) is 0 Å². The highest BCUT2D eigenvalue weighted by molar-refractivity contribution is 5.75. The molecule has 0 spiro atoms. The van der Waals surface area contributed by atoms with E-state index in [4.69, 9.17) is 4.74 Å². The first kappa shape index (κ1) is 15.2. The Morgan fingerprint density at radius 3 is 2.63 bits per heavy atom. The average Bonchev–Trinajstić information content (AvgIpc) is 2.42. The Bertz CT molecular complexity index is 410. The second-order valence-electron chi connectivity index (χ2n) is 4.19. The van der Waals surface area contributed by atoms with Crippen LogP contribution in [0.4, 0.5) is 17.1 Å². The lowest BCUT2D eigenvalue weighted by Gasteiger charge is -2.09. The third-order valence-corrected chi connectivity index (χ3v) is 2.83. The molecule has 1 aromatic carbocycles. The largest absolute Gasteiger partial charge is 0.385 e. The molecular weight excluding hydrogens is 246 g/mol. The number of ether oxygens (including phenoxy) is 1. The van der Waals surface area contributed by atoms with E-state index in [0.29, 0.717) is 11.4 Å². The van der Waals surface area contributed by atoms with Crippen LogP contribution in [-0.4, -0.2) is 32.2 Å². The van der Waals surface area contributed by atoms with Gasteiger partial charge in [-0.15, -0.1) is 0 Å². The standard InChI is InChI=1S/C13H21N3O3/c1-14-11-7-6-8-12(13(11)16(17)18)15-9-4-3-5-10-19-2/h6-8,14-15H,3-5,9-10H2,1-2H3. The first-order chi connectivity index (χ1) is 9.20. The number of para-hydroxylation sites is 1. The van der Waals surface area contributed by atoms with Crippen LogP contribution in [-0.2, 0) is 4.74 Å². The number of nitro groups is 1. The van der Waals surface area contributed by atoms with Gasteiger partial charge in [0.2, 0.25) is 0 Å². The molecule has 6 nitrogen and oxygen atoms in total. The van der Waals surface area contributed by atoms with Crippen molar-refractivity contribution in [2.75, 3.05) is 37.9 Å². The van der Waals surface area contributed by atoms with E-state index < -0.39 is 0 Å². The zero-order valence-corrected chi connectivity index (χ0v) is 11.4. The summed E-state index contributed by atoms with van der Waals surface area (Å²) in [6.45, 7) is 1.48. The fourth-order valence-corrected chi connectivity index (χ4v) is 1.86. The summed E-state index contributed by atoms with van der Waals surface area (Å²) in [7, 11) is 3.36. The van der Waals surface area contributed by atoms with E-state index in [2.05, 4.69) is 10.6 Å². The van der Waals surface area contributed by atoms with Crippen molar-refractivity contribution < 1.29 is 9.66 Å². The molecular formula is C13H21N3O3. The van der Waals surface area contributed by atoms with Gasteiger partial charge >= 0.3 is 5.69 Å². The fourth-order valence-electron chi connectivity index (χ4n) is 1.86. The number of benzene rings is 1. The monoisotopic (exact) mass is 267 g/mol. The molecule has 0 radical (unpaired) electrons. The van der Waals surface area contributed by atoms with Crippen LogP contribution < -0.4 is 10.6 Å². The van der Waals surface area contributed by atoms with Crippen LogP contribution in [0.5, 0.6) is 0 Å². The first-order valence-corrected chi connectivity index (χ1v) is 6.38. The highest BCUT2D eigenvalue weighted by atomic mass is 16.6. The Morgan fingerprint density at radius 2 is 2.00 bits per heavy atom. The Balaban J connectivity index is 2.55. The molecule has 0 atom stereocenters. The van der Waals surface area contributed by atoms with Crippen LogP contribution in [0.15, 0.2) is 18.2 Å². The number of rotatable bonds is 9. The highest BCUT2D eigenvalue weighted by Crippen LogP contribution is 2.32. The number of hydrogen-bond acceptors (Lipinski definition) is 5. The van der Waals surface area contributed by atoms with E-state index in [0.717, 1.165) is 32.4 Å². The number of nitrogens with one attached hydrogen (secondary N) is 2. The normalized spacial score (nSPS) is 10.2. The van der Waals surface area contributed by atoms with E-state index in [1.807, 2.05) is 0 Å². The minimum Gasteiger partial charge on any atom is -0.385 e. The molecule has 19 heavy (non-hydrogen) atoms. The number of methoxy groups -OCH3 is 1. The fraction of sp³-hybridized carbons (Fsp3) is 0.538. The zero-order valence-electron chi connectivity index (χ0n) is 11.4. The van der Waals surface area contributed by atoms with Gasteiger partial charge in [0.25, 0.3) is 0 Å². The van der Waals surface area contributed by atoms with Crippen LogP contribution in [0, 0.1) is 10.1 Å². The third kappa shape index (κ3) is 4.75. The van der Waals surface area contributed by atoms with Crippen LogP contribution in [0.25, 0.3) is 0 Å². The number of nitrogens with zero attached hydrogens (tertiary/aromatic N) is 1. The van der Waals surface area contributed by atoms with E-state index in [9.17, 15) is 10.1 Å². The summed E-state index contributed by atoms with van der Waals surface area (Å²) in [4.78, 5) is 10.7. The quantitative estimate of drug-likeness (QED) is 0.409. The van der Waals surface area contributed by atoms with Crippen molar-refractivity contribution in [3.8, 4) is 0 Å². The van der Waals surface area contributed by atoms with E-state index in [1.165, 1.54) is 0 Å². The summed E-state index contributed by atoms with van der Waals surface area (Å²) in [5.41, 5.74) is 1.18. The second kappa shape index (κ2) is 8.31. The lowest BCUT2D eigenvalue weighted by atomic mass is 10.2. The maximum absolute atomic E-state index is 11.1. The lowest BCUT2D eigenvalue weighted by molar-refractivity contribution is -0.383. The van der Waals surface area contributed by atoms with Gasteiger partial charge in [0.05, 0.1) is 4.92 Å². The summed E-state index contributed by atoms with van der Waals surface area (Å²) in [6.07, 6.45) is 3.02. The van der Waals surface area contributed by atoms with E-state index >= 15 is 0 Å². The second-order valence-corrected chi connectivity index (χ2v) is 4.19. The molecule has 0 aliphatic rings. The predicted octanol–water partition coefficient (Wildman–Crippen LogP) is 2.87. The minimum absolute atomic E-state index is 0.0990. The molecule has 0 saturated carbocycles. The van der Waals surface area contributed by atoms with Gasteiger partial charge in [-0.3, -0.25) is 10.1 Å². The van der Waals surface area contributed by atoms with Crippen LogP contribution >= 0.6 is 0 Å². The maximum atomic E-state index is 11.1. The van der Waals surface area contributed by atoms with Crippen LogP contribution in [0.1, 0.15) is 19.3 Å². The summed E-state index contributed by atoms with van der Waals surface area (Å²) in [5.74, 6) is 0. The van der Waals surface area contributed by atoms with Gasteiger partial charge in [-0.05, 0) is 31.4 Å². The molecule has 0 fully saturated rings. The third-order valence-electron chi connectivity index (χ3n) is 2.83. The molecule has 6 heteroatoms. The number of hydrogen-bond donors (Lipinski definition) is 2. The summed E-state index contributed by atoms with van der Waals surface area (Å²) in [6, 6.07) is 5.22. The smallest absolute Gasteiger partial charge is 0.315 e. The lowest BCUT2D eigenvalue weighted by Crippen LogP contribution is -2.06. The Kier molecular flexibility index (Phi) is 6.67. The molecule has 2 N–H and O–H groups in total. The van der Waals surface area contributed by atoms with Gasteiger partial charge < -0.3 is 15.4 Å². The van der Waals surface area contributed by atoms with Crippen molar-refractivity contribution in [2.24, 2.45) is 0 Å². The molecule has 0 aliphatic heterocycles. The maximum Gasteiger partial charge on any atom is 0.315 e. The molecule has 1 aromatic rings. The van der Waals surface area contributed by atoms with E-state index in [-0.39, 0.29) is 10.6 Å². The topological polar surface area (TPSA) is 76.4 Å². The Hall–Kier alpha value is -1.82. The first-order valence-electron chi connectivity index (χ1n) is 6.38. The SMILES string of the molecule is CNc1cccc(NCCCCCOC)c1[N+](=O)[O-]. The molecule has 0 unspecified atom stereocenters. The summed E-state index contributed by atoms with van der Waals surface area (Å²) < 4.78 is 4.97. The van der Waals surface area contributed by atoms with Gasteiger partial charge in [-0.25, -0.2) is 0 Å². The number of anilines is 2. The summed E-state index contributed by atoms with van der Waals surface area (Å²) in [5, 5.41) is 17.0. The zero-order chi connectivity index (χ0) is 14.1. The van der Waals surface area contributed by atoms with Crippen molar-refractivity contribution >= 4 is 17.1 Å². The number of nitro benzene ring substituents is 1. The van der Waals surface area contributed by atoms with E-state index in [1.54, 1.807) is 32.4 Å². The Labute approximate surface area is 113 Å². The van der Waals surface area contributed by atoms with Crippen molar-refractivity contribution in [1.82, 2.24) is 0 Å². The molecule has 0 aromatic heterocycles. The number of unbranched alkanes of at least 4 members (excludes halogenated alkanes) is 2. The van der Waals surface area contributed by atoms with Crippen molar-refractivity contribution in [3.63, 3.8) is 0 Å². The van der Waals surface area contributed by atoms with Gasteiger partial charge in [0, 0.05) is 27.3 Å². The molecule has 0 aliphatic carbocycles. The molecule has 0 bridgehead atoms. The van der Waals surface area contributed by atoms with Gasteiger partial charge in [-0.1, -0.05) is 6.07 Å². The van der Waals surface area contributed by atoms with Gasteiger partial charge in [0.1, 0.15) is 11.4 Å². The molecule has 0 heterocycles. The minimum atomic E-state index is -0.362. The van der Waals surface area contributed by atoms with Crippen LogP contribution in [0.3, 0.4) is 0 Å². The van der Waals surface area contributed by atoms with Gasteiger partial charge in [-0.2, -0.15) is 0 Å². The van der Waals surface area contributed by atoms with Gasteiger partial charge in [0.15, 0.2) is 0 Å². The average molecular weight is 267 g/mol. The van der Waals surface area contributed by atoms with Crippen molar-refractivity contribution in [3.05, 3.63) is 28.3 Å². The highest BCUT2D eigenvalue weighted by Gasteiger charge is 2.18. The molecule has 0 amide bonds. The molecule has 1 rings (SSSR count). The predicted molar refractivity (Wildman–Crippen MR) is 76.9 cm³/mol. The molecule has 0 saturated heterocycles. The Morgan fingerprint density at radius 1 is 1.26 bits per heavy atom. The molecule has 106 valence electrons.